The normalized spacial score (nSPS) is 16.7. The number of carbonyl (C=O) groups excluding carboxylic acids is 3. The van der Waals surface area contributed by atoms with Crippen LogP contribution in [0.1, 0.15) is 43.5 Å². The number of hydrogen-bond donors (Lipinski definition) is 1. The maximum atomic E-state index is 12.2. The van der Waals surface area contributed by atoms with Gasteiger partial charge in [-0.3, -0.25) is 14.4 Å². The molecule has 0 spiro atoms. The fourth-order valence-corrected chi connectivity index (χ4v) is 2.93. The average Bonchev–Trinajstić information content (AvgIpc) is 2.65. The van der Waals surface area contributed by atoms with Gasteiger partial charge in [-0.15, -0.1) is 0 Å². The quantitative estimate of drug-likeness (QED) is 0.747. The van der Waals surface area contributed by atoms with Crippen molar-refractivity contribution >= 4 is 17.8 Å². The number of amides is 2. The molecule has 1 aromatic carbocycles. The Balaban J connectivity index is 1.78. The van der Waals surface area contributed by atoms with Gasteiger partial charge < -0.3 is 19.7 Å². The number of hydrogen-bond acceptors (Lipinski definition) is 5. The Morgan fingerprint density at radius 3 is 2.73 bits per heavy atom. The molecule has 1 fully saturated rings. The molecule has 1 aliphatic heterocycles. The van der Waals surface area contributed by atoms with Crippen LogP contribution < -0.4 is 10.1 Å². The summed E-state index contributed by atoms with van der Waals surface area (Å²) in [4.78, 5) is 37.9. The smallest absolute Gasteiger partial charge is 0.325 e. The van der Waals surface area contributed by atoms with Crippen molar-refractivity contribution in [2.45, 2.75) is 39.2 Å². The summed E-state index contributed by atoms with van der Waals surface area (Å²) >= 11 is 0. The third-order valence-electron chi connectivity index (χ3n) is 4.30. The zero-order valence-corrected chi connectivity index (χ0v) is 15.3. The predicted octanol–water partition coefficient (Wildman–Crippen LogP) is 1.76. The maximum absolute atomic E-state index is 12.2. The van der Waals surface area contributed by atoms with E-state index in [4.69, 9.17) is 9.47 Å². The van der Waals surface area contributed by atoms with E-state index in [1.54, 1.807) is 29.2 Å². The van der Waals surface area contributed by atoms with Crippen molar-refractivity contribution in [2.75, 3.05) is 26.3 Å². The van der Waals surface area contributed by atoms with E-state index in [-0.39, 0.29) is 25.1 Å². The number of nitrogens with one attached hydrogen (secondary N) is 1. The van der Waals surface area contributed by atoms with Crippen molar-refractivity contribution in [3.8, 4) is 5.75 Å². The van der Waals surface area contributed by atoms with Gasteiger partial charge in [-0.1, -0.05) is 12.1 Å². The molecular weight excluding hydrogens is 336 g/mol. The van der Waals surface area contributed by atoms with Crippen LogP contribution in [0.2, 0.25) is 0 Å². The number of likely N-dealkylation sites (tertiary alicyclic amines) is 1. The lowest BCUT2D eigenvalue weighted by molar-refractivity contribution is -0.152. The summed E-state index contributed by atoms with van der Waals surface area (Å²) in [6.45, 7) is 4.35. The van der Waals surface area contributed by atoms with E-state index in [2.05, 4.69) is 5.32 Å². The highest BCUT2D eigenvalue weighted by atomic mass is 16.5. The van der Waals surface area contributed by atoms with Crippen molar-refractivity contribution in [1.29, 1.82) is 0 Å². The van der Waals surface area contributed by atoms with Crippen LogP contribution in [-0.4, -0.2) is 55.0 Å². The molecule has 2 rings (SSSR count). The van der Waals surface area contributed by atoms with Crippen LogP contribution in [0.15, 0.2) is 24.3 Å². The van der Waals surface area contributed by atoms with Gasteiger partial charge in [-0.2, -0.15) is 0 Å². The van der Waals surface area contributed by atoms with Crippen LogP contribution in [0.4, 0.5) is 0 Å². The third kappa shape index (κ3) is 5.47. The van der Waals surface area contributed by atoms with E-state index in [0.717, 1.165) is 19.3 Å². The fourth-order valence-electron chi connectivity index (χ4n) is 2.93. The van der Waals surface area contributed by atoms with Crippen molar-refractivity contribution in [1.82, 2.24) is 10.2 Å². The van der Waals surface area contributed by atoms with E-state index in [9.17, 15) is 14.4 Å². The summed E-state index contributed by atoms with van der Waals surface area (Å²) in [5.74, 6) is -0.819. The minimum absolute atomic E-state index is 0.171. The van der Waals surface area contributed by atoms with Gasteiger partial charge in [0, 0.05) is 12.6 Å². The van der Waals surface area contributed by atoms with Crippen LogP contribution in [0.3, 0.4) is 0 Å². The largest absolute Gasteiger partial charge is 0.493 e. The zero-order valence-electron chi connectivity index (χ0n) is 15.3. The average molecular weight is 362 g/mol. The van der Waals surface area contributed by atoms with Gasteiger partial charge in [0.1, 0.15) is 12.3 Å². The topological polar surface area (TPSA) is 84.9 Å². The molecule has 0 aliphatic carbocycles. The molecule has 0 unspecified atom stereocenters. The number of ether oxygens (including phenoxy) is 2. The van der Waals surface area contributed by atoms with E-state index < -0.39 is 11.9 Å². The Kier molecular flexibility index (Phi) is 7.44. The SMILES string of the molecule is CCOc1ccccc1C(=O)NCC(=O)OCC(=O)N1CCCC[C@@H]1C. The molecule has 2 amide bonds. The lowest BCUT2D eigenvalue weighted by Crippen LogP contribution is -2.44. The molecule has 7 heteroatoms. The number of para-hydroxylation sites is 1. The van der Waals surface area contributed by atoms with Gasteiger partial charge in [-0.05, 0) is 45.2 Å². The zero-order chi connectivity index (χ0) is 18.9. The second-order valence-corrected chi connectivity index (χ2v) is 6.20. The van der Waals surface area contributed by atoms with Gasteiger partial charge in [0.15, 0.2) is 6.61 Å². The number of benzene rings is 1. The van der Waals surface area contributed by atoms with Crippen molar-refractivity contribution in [3.63, 3.8) is 0 Å². The number of rotatable bonds is 7. The first-order valence-corrected chi connectivity index (χ1v) is 8.98. The molecule has 1 aromatic rings. The number of esters is 1. The van der Waals surface area contributed by atoms with Crippen LogP contribution >= 0.6 is 0 Å². The summed E-state index contributed by atoms with van der Waals surface area (Å²) in [7, 11) is 0. The van der Waals surface area contributed by atoms with Crippen molar-refractivity contribution < 1.29 is 23.9 Å². The predicted molar refractivity (Wildman–Crippen MR) is 95.9 cm³/mol. The minimum Gasteiger partial charge on any atom is -0.493 e. The molecule has 1 atom stereocenters. The summed E-state index contributed by atoms with van der Waals surface area (Å²) in [6, 6.07) is 6.96. The van der Waals surface area contributed by atoms with E-state index >= 15 is 0 Å². The maximum Gasteiger partial charge on any atom is 0.325 e. The lowest BCUT2D eigenvalue weighted by Gasteiger charge is -2.33. The molecule has 142 valence electrons. The van der Waals surface area contributed by atoms with E-state index in [0.29, 0.717) is 24.5 Å². The monoisotopic (exact) mass is 362 g/mol. The Hall–Kier alpha value is -2.57. The first-order valence-electron chi connectivity index (χ1n) is 8.98. The lowest BCUT2D eigenvalue weighted by atomic mass is 10.0. The molecule has 0 saturated carbocycles. The first-order chi connectivity index (χ1) is 12.5. The Labute approximate surface area is 153 Å². The first kappa shape index (κ1) is 19.8. The van der Waals surface area contributed by atoms with Gasteiger partial charge in [-0.25, -0.2) is 0 Å². The van der Waals surface area contributed by atoms with Gasteiger partial charge in [0.2, 0.25) is 0 Å². The summed E-state index contributed by atoms with van der Waals surface area (Å²) in [5, 5.41) is 2.49. The molecule has 1 saturated heterocycles. The van der Waals surface area contributed by atoms with Gasteiger partial charge >= 0.3 is 5.97 Å². The standard InChI is InChI=1S/C19H26N2O5/c1-3-25-16-10-5-4-9-15(16)19(24)20-12-18(23)26-13-17(22)21-11-7-6-8-14(21)2/h4-5,9-10,14H,3,6-8,11-13H2,1-2H3,(H,20,24)/t14-/m0/s1. The number of piperidine rings is 1. The van der Waals surface area contributed by atoms with Crippen LogP contribution in [0, 0.1) is 0 Å². The van der Waals surface area contributed by atoms with Gasteiger partial charge in [0.25, 0.3) is 11.8 Å². The Bertz CT molecular complexity index is 647. The molecule has 26 heavy (non-hydrogen) atoms. The number of nitrogens with zero attached hydrogens (tertiary/aromatic N) is 1. The molecule has 0 aromatic heterocycles. The van der Waals surface area contributed by atoms with Crippen molar-refractivity contribution in [3.05, 3.63) is 29.8 Å². The van der Waals surface area contributed by atoms with Crippen LogP contribution in [0.5, 0.6) is 5.75 Å². The Morgan fingerprint density at radius 1 is 1.23 bits per heavy atom. The molecule has 1 heterocycles. The molecule has 1 N–H and O–H groups in total. The molecule has 1 aliphatic rings. The highest BCUT2D eigenvalue weighted by molar-refractivity contribution is 5.98. The minimum atomic E-state index is -0.648. The summed E-state index contributed by atoms with van der Waals surface area (Å²) in [5.41, 5.74) is 0.348. The highest BCUT2D eigenvalue weighted by Crippen LogP contribution is 2.18. The molecule has 0 bridgehead atoms. The Morgan fingerprint density at radius 2 is 2.00 bits per heavy atom. The molecule has 7 nitrogen and oxygen atoms in total. The second kappa shape index (κ2) is 9.79. The summed E-state index contributed by atoms with van der Waals surface area (Å²) in [6.07, 6.45) is 3.05. The van der Waals surface area contributed by atoms with Crippen molar-refractivity contribution in [2.24, 2.45) is 0 Å². The molecule has 0 radical (unpaired) electrons. The van der Waals surface area contributed by atoms with E-state index in [1.165, 1.54) is 0 Å². The second-order valence-electron chi connectivity index (χ2n) is 6.20. The summed E-state index contributed by atoms with van der Waals surface area (Å²) < 4.78 is 10.4. The third-order valence-corrected chi connectivity index (χ3v) is 4.30. The van der Waals surface area contributed by atoms with Crippen LogP contribution in [-0.2, 0) is 14.3 Å². The molecular formula is C19H26N2O5. The van der Waals surface area contributed by atoms with E-state index in [1.807, 2.05) is 13.8 Å². The van der Waals surface area contributed by atoms with Crippen LogP contribution in [0.25, 0.3) is 0 Å². The highest BCUT2D eigenvalue weighted by Gasteiger charge is 2.24. The fraction of sp³-hybridized carbons (Fsp3) is 0.526. The van der Waals surface area contributed by atoms with Gasteiger partial charge in [0.05, 0.1) is 12.2 Å². The number of carbonyl (C=O) groups is 3.